The summed E-state index contributed by atoms with van der Waals surface area (Å²) in [4.78, 5) is 12.4. The smallest absolute Gasteiger partial charge is 0.161 e. The quantitative estimate of drug-likeness (QED) is 0.639. The number of hydrogen-bond donors (Lipinski definition) is 0. The van der Waals surface area contributed by atoms with Crippen LogP contribution in [0.4, 0.5) is 0 Å². The molecule has 0 radical (unpaired) electrons. The highest BCUT2D eigenvalue weighted by atomic mass is 16.1. The molecule has 0 amide bonds. The number of allylic oxidation sites excluding steroid dienone is 4. The third-order valence-corrected chi connectivity index (χ3v) is 4.35. The van der Waals surface area contributed by atoms with Crippen molar-refractivity contribution in [1.82, 2.24) is 0 Å². The minimum absolute atomic E-state index is 0.0854. The van der Waals surface area contributed by atoms with Crippen LogP contribution < -0.4 is 0 Å². The fourth-order valence-corrected chi connectivity index (χ4v) is 3.37. The molecule has 1 aliphatic carbocycles. The van der Waals surface area contributed by atoms with Gasteiger partial charge in [0.05, 0.1) is 0 Å². The molecule has 0 aromatic heterocycles. The number of carbonyl (C=O) groups is 1. The SMILES string of the molecule is CC(=O)c1c(C2=C(C(C)(C)C)C=CC2)ccc2ccccc12. The van der Waals surface area contributed by atoms with Gasteiger partial charge in [0.2, 0.25) is 0 Å². The average molecular weight is 290 g/mol. The van der Waals surface area contributed by atoms with Crippen LogP contribution in [0.15, 0.2) is 54.1 Å². The summed E-state index contributed by atoms with van der Waals surface area (Å²) in [6.07, 6.45) is 5.33. The number of benzene rings is 2. The molecule has 1 heteroatoms. The molecule has 0 fully saturated rings. The van der Waals surface area contributed by atoms with Crippen molar-refractivity contribution in [3.8, 4) is 0 Å². The minimum atomic E-state index is 0.0854. The van der Waals surface area contributed by atoms with Crippen LogP contribution in [-0.2, 0) is 0 Å². The number of hydrogen-bond acceptors (Lipinski definition) is 1. The van der Waals surface area contributed by atoms with Crippen LogP contribution in [0.5, 0.6) is 0 Å². The number of fused-ring (bicyclic) bond motifs is 1. The summed E-state index contributed by atoms with van der Waals surface area (Å²) >= 11 is 0. The molecule has 22 heavy (non-hydrogen) atoms. The van der Waals surface area contributed by atoms with Crippen LogP contribution in [0, 0.1) is 5.41 Å². The van der Waals surface area contributed by atoms with Crippen LogP contribution in [0.1, 0.15) is 50.0 Å². The molecule has 0 N–H and O–H groups in total. The summed E-state index contributed by atoms with van der Waals surface area (Å²) in [7, 11) is 0. The van der Waals surface area contributed by atoms with E-state index in [-0.39, 0.29) is 11.2 Å². The molecule has 3 rings (SSSR count). The number of Topliss-reactive ketones (excluding diaryl/α,β-unsaturated/α-hetero) is 1. The highest BCUT2D eigenvalue weighted by molar-refractivity contribution is 6.11. The van der Waals surface area contributed by atoms with E-state index in [0.29, 0.717) is 0 Å². The van der Waals surface area contributed by atoms with Gasteiger partial charge in [-0.2, -0.15) is 0 Å². The Morgan fingerprint density at radius 1 is 1.05 bits per heavy atom. The summed E-state index contributed by atoms with van der Waals surface area (Å²) in [5.74, 6) is 0.138. The van der Waals surface area contributed by atoms with E-state index in [1.54, 1.807) is 6.92 Å². The molecule has 0 saturated heterocycles. The molecule has 0 heterocycles. The van der Waals surface area contributed by atoms with Gasteiger partial charge in [0.1, 0.15) is 0 Å². The van der Waals surface area contributed by atoms with E-state index in [9.17, 15) is 4.79 Å². The highest BCUT2D eigenvalue weighted by Crippen LogP contribution is 2.41. The zero-order valence-electron chi connectivity index (χ0n) is 13.7. The van der Waals surface area contributed by atoms with Crippen molar-refractivity contribution < 1.29 is 4.79 Å². The second-order valence-electron chi connectivity index (χ2n) is 7.01. The first-order valence-electron chi connectivity index (χ1n) is 7.83. The Morgan fingerprint density at radius 2 is 1.77 bits per heavy atom. The van der Waals surface area contributed by atoms with Gasteiger partial charge in [0.25, 0.3) is 0 Å². The third kappa shape index (κ3) is 2.41. The second-order valence-corrected chi connectivity index (χ2v) is 7.01. The predicted octanol–water partition coefficient (Wildman–Crippen LogP) is 5.80. The topological polar surface area (TPSA) is 17.1 Å². The van der Waals surface area contributed by atoms with Crippen LogP contribution in [0.25, 0.3) is 16.3 Å². The highest BCUT2D eigenvalue weighted by Gasteiger charge is 2.25. The molecule has 1 nitrogen and oxygen atoms in total. The molecule has 0 unspecified atom stereocenters. The maximum absolute atomic E-state index is 12.4. The Morgan fingerprint density at radius 3 is 2.45 bits per heavy atom. The molecule has 2 aromatic carbocycles. The number of carbonyl (C=O) groups excluding carboxylic acids is 1. The van der Waals surface area contributed by atoms with Crippen LogP contribution in [-0.4, -0.2) is 5.78 Å². The molecular formula is C21H22O. The van der Waals surface area contributed by atoms with Crippen molar-refractivity contribution in [3.63, 3.8) is 0 Å². The number of rotatable bonds is 2. The van der Waals surface area contributed by atoms with Crippen LogP contribution >= 0.6 is 0 Å². The first kappa shape index (κ1) is 14.8. The van der Waals surface area contributed by atoms with Gasteiger partial charge < -0.3 is 0 Å². The molecule has 0 saturated carbocycles. The summed E-state index contributed by atoms with van der Waals surface area (Å²) < 4.78 is 0. The molecular weight excluding hydrogens is 268 g/mol. The zero-order valence-corrected chi connectivity index (χ0v) is 13.7. The Kier molecular flexibility index (Phi) is 3.52. The van der Waals surface area contributed by atoms with Gasteiger partial charge in [-0.25, -0.2) is 0 Å². The summed E-state index contributed by atoms with van der Waals surface area (Å²) in [5, 5.41) is 2.18. The van der Waals surface area contributed by atoms with Crippen molar-refractivity contribution in [2.45, 2.75) is 34.1 Å². The van der Waals surface area contributed by atoms with Crippen molar-refractivity contribution >= 4 is 22.1 Å². The van der Waals surface area contributed by atoms with Crippen molar-refractivity contribution in [3.05, 3.63) is 65.3 Å². The third-order valence-electron chi connectivity index (χ3n) is 4.35. The first-order valence-corrected chi connectivity index (χ1v) is 7.83. The van der Waals surface area contributed by atoms with Crippen LogP contribution in [0.2, 0.25) is 0 Å². The largest absolute Gasteiger partial charge is 0.294 e. The van der Waals surface area contributed by atoms with E-state index in [1.807, 2.05) is 12.1 Å². The lowest BCUT2D eigenvalue weighted by Gasteiger charge is -2.23. The van der Waals surface area contributed by atoms with Gasteiger partial charge in [-0.05, 0) is 46.2 Å². The molecule has 0 spiro atoms. The van der Waals surface area contributed by atoms with Gasteiger partial charge in [-0.3, -0.25) is 4.79 Å². The number of ketones is 1. The lowest BCUT2D eigenvalue weighted by Crippen LogP contribution is -2.10. The Hall–Kier alpha value is -2.15. The van der Waals surface area contributed by atoms with Gasteiger partial charge in [0.15, 0.2) is 5.78 Å². The van der Waals surface area contributed by atoms with Crippen LogP contribution in [0.3, 0.4) is 0 Å². The van der Waals surface area contributed by atoms with Crippen molar-refractivity contribution in [2.75, 3.05) is 0 Å². The monoisotopic (exact) mass is 290 g/mol. The fraction of sp³-hybridized carbons (Fsp3) is 0.286. The lowest BCUT2D eigenvalue weighted by molar-refractivity contribution is 0.101. The Labute approximate surface area is 132 Å². The minimum Gasteiger partial charge on any atom is -0.294 e. The second kappa shape index (κ2) is 5.24. The average Bonchev–Trinajstić information content (AvgIpc) is 2.95. The van der Waals surface area contributed by atoms with E-state index in [0.717, 1.165) is 28.3 Å². The zero-order chi connectivity index (χ0) is 15.9. The Balaban J connectivity index is 2.33. The van der Waals surface area contributed by atoms with E-state index in [1.165, 1.54) is 11.1 Å². The van der Waals surface area contributed by atoms with E-state index in [2.05, 4.69) is 57.2 Å². The van der Waals surface area contributed by atoms with E-state index >= 15 is 0 Å². The molecule has 2 aromatic rings. The van der Waals surface area contributed by atoms with Crippen molar-refractivity contribution in [1.29, 1.82) is 0 Å². The molecule has 0 aliphatic heterocycles. The van der Waals surface area contributed by atoms with Gasteiger partial charge >= 0.3 is 0 Å². The summed E-state index contributed by atoms with van der Waals surface area (Å²) in [6.45, 7) is 8.36. The molecule has 0 bridgehead atoms. The first-order chi connectivity index (χ1) is 10.4. The van der Waals surface area contributed by atoms with E-state index < -0.39 is 0 Å². The molecule has 112 valence electrons. The van der Waals surface area contributed by atoms with Gasteiger partial charge in [0, 0.05) is 5.56 Å². The standard InChI is InChI=1S/C21H22O/c1-14(22)20-16-9-6-5-8-15(16)12-13-18(20)17-10-7-11-19(17)21(2,3)4/h5-9,11-13H,10H2,1-4H3. The van der Waals surface area contributed by atoms with E-state index in [4.69, 9.17) is 0 Å². The lowest BCUT2D eigenvalue weighted by atomic mass is 9.81. The molecule has 1 aliphatic rings. The van der Waals surface area contributed by atoms with Gasteiger partial charge in [-0.1, -0.05) is 69.3 Å². The fourth-order valence-electron chi connectivity index (χ4n) is 3.37. The normalized spacial score (nSPS) is 14.9. The predicted molar refractivity (Wildman–Crippen MR) is 94.1 cm³/mol. The molecule has 0 atom stereocenters. The summed E-state index contributed by atoms with van der Waals surface area (Å²) in [6, 6.07) is 12.4. The van der Waals surface area contributed by atoms with Gasteiger partial charge in [-0.15, -0.1) is 0 Å². The maximum Gasteiger partial charge on any atom is 0.161 e. The summed E-state index contributed by atoms with van der Waals surface area (Å²) in [5.41, 5.74) is 4.68. The Bertz CT molecular complexity index is 813. The maximum atomic E-state index is 12.4. The van der Waals surface area contributed by atoms with Crippen molar-refractivity contribution in [2.24, 2.45) is 5.41 Å².